The summed E-state index contributed by atoms with van der Waals surface area (Å²) in [7, 11) is 0. The third-order valence-electron chi connectivity index (χ3n) is 11.0. The van der Waals surface area contributed by atoms with Gasteiger partial charge in [0.05, 0.1) is 5.69 Å². The Bertz CT molecular complexity index is 3090. The minimum Gasteiger partial charge on any atom is -0.256 e. The monoisotopic (exact) mass is 607 g/mol. The maximum Gasteiger partial charge on any atom is 0.0708 e. The number of rotatable bonds is 2. The zero-order valence-electron chi connectivity index (χ0n) is 26.7. The Balaban J connectivity index is 1.37. The van der Waals surface area contributed by atoms with E-state index in [9.17, 15) is 0 Å². The summed E-state index contributed by atoms with van der Waals surface area (Å²) in [5, 5.41) is 21.1. The van der Waals surface area contributed by atoms with Gasteiger partial charge in [-0.15, -0.1) is 0 Å². The van der Waals surface area contributed by atoms with Crippen molar-refractivity contribution in [2.24, 2.45) is 0 Å². The normalized spacial score (nSPS) is 12.4. The number of pyridine rings is 1. The van der Waals surface area contributed by atoms with Crippen molar-refractivity contribution in [1.29, 1.82) is 0 Å². The van der Waals surface area contributed by atoms with E-state index in [4.69, 9.17) is 4.98 Å². The van der Waals surface area contributed by atoms with Crippen LogP contribution in [-0.2, 0) is 0 Å². The second kappa shape index (κ2) is 9.27. The lowest BCUT2D eigenvalue weighted by atomic mass is 9.86. The molecule has 1 nitrogen and oxygen atoms in total. The van der Waals surface area contributed by atoms with Crippen LogP contribution in [0.15, 0.2) is 140 Å². The van der Waals surface area contributed by atoms with Gasteiger partial charge in [0.2, 0.25) is 0 Å². The van der Waals surface area contributed by atoms with Gasteiger partial charge in [-0.25, -0.2) is 0 Å². The van der Waals surface area contributed by atoms with E-state index in [1.807, 2.05) is 12.3 Å². The minimum absolute atomic E-state index is 1.01. The van der Waals surface area contributed by atoms with Crippen molar-refractivity contribution in [3.05, 3.63) is 151 Å². The van der Waals surface area contributed by atoms with Gasteiger partial charge in [0.15, 0.2) is 0 Å². The molecule has 1 heterocycles. The third-order valence-corrected chi connectivity index (χ3v) is 11.0. The average Bonchev–Trinajstić information content (AvgIpc) is 3.62. The van der Waals surface area contributed by atoms with E-state index < -0.39 is 0 Å². The summed E-state index contributed by atoms with van der Waals surface area (Å²) in [5.74, 6) is 0. The van der Waals surface area contributed by atoms with E-state index in [0.717, 1.165) is 5.69 Å². The largest absolute Gasteiger partial charge is 0.256 e. The molecule has 0 aliphatic carbocycles. The lowest BCUT2D eigenvalue weighted by Crippen LogP contribution is -1.91. The van der Waals surface area contributed by atoms with E-state index in [1.165, 1.54) is 114 Å². The Hall–Kier alpha value is -6.05. The molecule has 0 saturated heterocycles. The highest BCUT2D eigenvalue weighted by atomic mass is 14.7. The standard InChI is InChI=1S/C47H29N/c1-26-10-7-11-27(2)45(26)43-24-38-34-17-8-14-31-28-12-3-4-13-29(28)42(47(31)34)25-40(38)39-22-37-35-20-19-30(44-18-5-6-21-48-44)32-15-9-16-33(46(32)35)36(37)23-41(39)43/h3-25H,1-2H3. The van der Waals surface area contributed by atoms with Crippen molar-refractivity contribution >= 4 is 86.2 Å². The van der Waals surface area contributed by atoms with E-state index in [-0.39, 0.29) is 0 Å². The van der Waals surface area contributed by atoms with Crippen LogP contribution in [0.4, 0.5) is 0 Å². The Morgan fingerprint density at radius 3 is 1.56 bits per heavy atom. The number of benzene rings is 8. The van der Waals surface area contributed by atoms with Gasteiger partial charge < -0.3 is 0 Å². The fourth-order valence-electron chi connectivity index (χ4n) is 9.03. The van der Waals surface area contributed by atoms with E-state index >= 15 is 0 Å². The predicted octanol–water partition coefficient (Wildman–Crippen LogP) is 13.1. The lowest BCUT2D eigenvalue weighted by molar-refractivity contribution is 1.33. The van der Waals surface area contributed by atoms with Crippen molar-refractivity contribution in [3.63, 3.8) is 0 Å². The molecular weight excluding hydrogens is 579 g/mol. The second-order valence-corrected chi connectivity index (χ2v) is 13.5. The van der Waals surface area contributed by atoms with Gasteiger partial charge in [0.25, 0.3) is 0 Å². The molecule has 0 saturated carbocycles. The first-order chi connectivity index (χ1) is 23.7. The lowest BCUT2D eigenvalue weighted by Gasteiger charge is -2.17. The van der Waals surface area contributed by atoms with Crippen LogP contribution in [0.3, 0.4) is 0 Å². The number of hydrogen-bond acceptors (Lipinski definition) is 1. The molecule has 0 N–H and O–H groups in total. The number of aryl methyl sites for hydroxylation is 2. The number of nitrogens with zero attached hydrogens (tertiary/aromatic N) is 1. The summed E-state index contributed by atoms with van der Waals surface area (Å²) in [6.07, 6.45) is 1.89. The highest BCUT2D eigenvalue weighted by molar-refractivity contribution is 6.39. The molecule has 0 aliphatic heterocycles. The molecule has 222 valence electrons. The van der Waals surface area contributed by atoms with Crippen LogP contribution < -0.4 is 0 Å². The number of hydrogen-bond donors (Lipinski definition) is 0. The molecule has 1 aromatic heterocycles. The van der Waals surface area contributed by atoms with Crippen LogP contribution in [0.25, 0.3) is 109 Å². The average molecular weight is 608 g/mol. The van der Waals surface area contributed by atoms with Crippen molar-refractivity contribution in [1.82, 2.24) is 4.98 Å². The zero-order valence-corrected chi connectivity index (χ0v) is 26.7. The molecule has 0 bridgehead atoms. The van der Waals surface area contributed by atoms with Gasteiger partial charge in [-0.05, 0) is 159 Å². The first-order valence-corrected chi connectivity index (χ1v) is 16.8. The Morgan fingerprint density at radius 1 is 0.333 bits per heavy atom. The van der Waals surface area contributed by atoms with Crippen LogP contribution in [0.1, 0.15) is 11.1 Å². The Kier molecular flexibility index (Phi) is 5.04. The highest BCUT2D eigenvalue weighted by Gasteiger charge is 2.21. The Labute approximate surface area is 277 Å². The molecule has 0 atom stereocenters. The molecule has 48 heavy (non-hydrogen) atoms. The van der Waals surface area contributed by atoms with Gasteiger partial charge in [-0.2, -0.15) is 0 Å². The van der Waals surface area contributed by atoms with E-state index in [0.29, 0.717) is 0 Å². The molecule has 11 aromatic rings. The SMILES string of the molecule is Cc1cccc(C)c1-c1cc2c(cc3c4ccccc4c4cccc2c43)c2cc3c(cc12)c1cccc2c(-c4ccccn4)ccc3c21. The van der Waals surface area contributed by atoms with Crippen molar-refractivity contribution in [2.45, 2.75) is 13.8 Å². The van der Waals surface area contributed by atoms with Gasteiger partial charge in [0.1, 0.15) is 0 Å². The van der Waals surface area contributed by atoms with Gasteiger partial charge in [0, 0.05) is 11.8 Å². The van der Waals surface area contributed by atoms with Crippen LogP contribution >= 0.6 is 0 Å². The van der Waals surface area contributed by atoms with Crippen molar-refractivity contribution in [2.75, 3.05) is 0 Å². The summed E-state index contributed by atoms with van der Waals surface area (Å²) in [6, 6.07) is 50.0. The fourth-order valence-corrected chi connectivity index (χ4v) is 9.03. The van der Waals surface area contributed by atoms with Gasteiger partial charge in [-0.1, -0.05) is 97.1 Å². The van der Waals surface area contributed by atoms with Crippen molar-refractivity contribution in [3.8, 4) is 22.4 Å². The molecule has 11 rings (SSSR count). The molecule has 0 aliphatic rings. The highest BCUT2D eigenvalue weighted by Crippen LogP contribution is 2.49. The van der Waals surface area contributed by atoms with Gasteiger partial charge in [-0.3, -0.25) is 4.98 Å². The van der Waals surface area contributed by atoms with Gasteiger partial charge >= 0.3 is 0 Å². The van der Waals surface area contributed by atoms with Crippen molar-refractivity contribution < 1.29 is 0 Å². The zero-order chi connectivity index (χ0) is 31.7. The fraction of sp³-hybridized carbons (Fsp3) is 0.0426. The van der Waals surface area contributed by atoms with E-state index in [2.05, 4.69) is 141 Å². The number of fused-ring (bicyclic) bond motifs is 10. The molecule has 0 fully saturated rings. The third kappa shape index (κ3) is 3.28. The summed E-state index contributed by atoms with van der Waals surface area (Å²) >= 11 is 0. The predicted molar refractivity (Wildman–Crippen MR) is 207 cm³/mol. The second-order valence-electron chi connectivity index (χ2n) is 13.5. The van der Waals surface area contributed by atoms with Crippen LogP contribution in [0.5, 0.6) is 0 Å². The smallest absolute Gasteiger partial charge is 0.0708 e. The molecular formula is C47H29N. The Morgan fingerprint density at radius 2 is 0.833 bits per heavy atom. The van der Waals surface area contributed by atoms with Crippen LogP contribution in [0, 0.1) is 13.8 Å². The summed E-state index contributed by atoms with van der Waals surface area (Å²) in [4.78, 5) is 4.73. The first-order valence-electron chi connectivity index (χ1n) is 16.8. The minimum atomic E-state index is 1.01. The van der Waals surface area contributed by atoms with Crippen LogP contribution in [0.2, 0.25) is 0 Å². The molecule has 0 unspecified atom stereocenters. The summed E-state index contributed by atoms with van der Waals surface area (Å²) < 4.78 is 0. The topological polar surface area (TPSA) is 12.9 Å². The molecule has 10 aromatic carbocycles. The molecule has 1 heteroatoms. The molecule has 0 amide bonds. The molecule has 0 radical (unpaired) electrons. The quantitative estimate of drug-likeness (QED) is 0.178. The summed E-state index contributed by atoms with van der Waals surface area (Å²) in [5.41, 5.74) is 7.45. The number of aromatic nitrogens is 1. The first kappa shape index (κ1) is 26.1. The summed E-state index contributed by atoms with van der Waals surface area (Å²) in [6.45, 7) is 4.51. The maximum absolute atomic E-state index is 4.73. The van der Waals surface area contributed by atoms with E-state index in [1.54, 1.807) is 0 Å². The maximum atomic E-state index is 4.73. The van der Waals surface area contributed by atoms with Crippen LogP contribution in [-0.4, -0.2) is 4.98 Å². The molecule has 0 spiro atoms.